The van der Waals surface area contributed by atoms with Gasteiger partial charge in [-0.1, -0.05) is 6.92 Å². The first-order chi connectivity index (χ1) is 15.7. The van der Waals surface area contributed by atoms with Gasteiger partial charge in [-0.15, -0.1) is 0 Å². The van der Waals surface area contributed by atoms with Gasteiger partial charge in [-0.25, -0.2) is 4.79 Å². The van der Waals surface area contributed by atoms with E-state index in [1.807, 2.05) is 0 Å². The zero-order valence-electron chi connectivity index (χ0n) is 16.7. The summed E-state index contributed by atoms with van der Waals surface area (Å²) in [7, 11) is 0. The first-order valence-corrected chi connectivity index (χ1v) is 8.37. The standard InChI is InChI=1S/C14H7F21O2/c1-2-3-37-4(36)5(15,16)6(17,18)7(19,20)8(21,22)9(23,24)10(25,26)11(27,28)12(29,30)13(31,32)14(33,34)35/h2-3H2,1H3. The lowest BCUT2D eigenvalue weighted by molar-refractivity contribution is -0.473. The molecule has 23 heteroatoms. The summed E-state index contributed by atoms with van der Waals surface area (Å²) in [6.07, 6.45) is -8.62. The highest BCUT2D eigenvalue weighted by atomic mass is 19.4. The van der Waals surface area contributed by atoms with Crippen molar-refractivity contribution in [2.45, 2.75) is 72.8 Å². The van der Waals surface area contributed by atoms with Crippen LogP contribution < -0.4 is 0 Å². The zero-order chi connectivity index (χ0) is 30.7. The second-order valence-electron chi connectivity index (χ2n) is 6.80. The molecule has 0 fully saturated rings. The molecule has 2 nitrogen and oxygen atoms in total. The monoisotopic (exact) mass is 606 g/mol. The molecule has 0 bridgehead atoms. The van der Waals surface area contributed by atoms with E-state index in [1.165, 1.54) is 0 Å². The van der Waals surface area contributed by atoms with E-state index in [4.69, 9.17) is 0 Å². The normalized spacial score (nSPS) is 16.2. The molecule has 0 atom stereocenters. The Hall–Kier alpha value is -2.00. The van der Waals surface area contributed by atoms with Crippen LogP contribution in [0.2, 0.25) is 0 Å². The molecule has 0 saturated carbocycles. The molecule has 0 aliphatic rings. The third kappa shape index (κ3) is 4.40. The Labute approximate surface area is 188 Å². The van der Waals surface area contributed by atoms with Crippen molar-refractivity contribution in [3.8, 4) is 0 Å². The molecule has 0 aromatic carbocycles. The molecule has 0 spiro atoms. The minimum Gasteiger partial charge on any atom is -0.461 e. The van der Waals surface area contributed by atoms with Gasteiger partial charge in [-0.3, -0.25) is 0 Å². The molecule has 0 saturated heterocycles. The summed E-state index contributed by atoms with van der Waals surface area (Å²) in [5, 5.41) is 0. The molecule has 0 amide bonds. The van der Waals surface area contributed by atoms with E-state index in [0.29, 0.717) is 0 Å². The van der Waals surface area contributed by atoms with Gasteiger partial charge in [0.15, 0.2) is 0 Å². The summed E-state index contributed by atoms with van der Waals surface area (Å²) >= 11 is 0. The van der Waals surface area contributed by atoms with Crippen LogP contribution in [0.5, 0.6) is 0 Å². The van der Waals surface area contributed by atoms with Crippen molar-refractivity contribution in [3.63, 3.8) is 0 Å². The average molecular weight is 606 g/mol. The van der Waals surface area contributed by atoms with E-state index in [1.54, 1.807) is 0 Å². The molecular formula is C14H7F21O2. The topological polar surface area (TPSA) is 26.3 Å². The number of carbonyl (C=O) groups is 1. The predicted octanol–water partition coefficient (Wildman–Crippen LogP) is 7.22. The maximum absolute atomic E-state index is 13.5. The molecule has 0 aromatic rings. The first-order valence-electron chi connectivity index (χ1n) is 8.37. The number of halogens is 21. The van der Waals surface area contributed by atoms with Crippen molar-refractivity contribution in [1.82, 2.24) is 0 Å². The molecule has 0 aliphatic carbocycles. The minimum atomic E-state index is -9.25. The van der Waals surface area contributed by atoms with Gasteiger partial charge < -0.3 is 4.74 Å². The van der Waals surface area contributed by atoms with E-state index in [-0.39, 0.29) is 0 Å². The van der Waals surface area contributed by atoms with Crippen LogP contribution in [0.4, 0.5) is 92.2 Å². The van der Waals surface area contributed by atoms with Gasteiger partial charge in [0.2, 0.25) is 0 Å². The van der Waals surface area contributed by atoms with E-state index in [0.717, 1.165) is 6.92 Å². The molecule has 0 unspecified atom stereocenters. The highest BCUT2D eigenvalue weighted by Gasteiger charge is 2.98. The van der Waals surface area contributed by atoms with Crippen molar-refractivity contribution >= 4 is 5.97 Å². The fraction of sp³-hybridized carbons (Fsp3) is 0.929. The van der Waals surface area contributed by atoms with Crippen LogP contribution in [0, 0.1) is 0 Å². The van der Waals surface area contributed by atoms with Crippen LogP contribution in [0.3, 0.4) is 0 Å². The van der Waals surface area contributed by atoms with Crippen molar-refractivity contribution in [1.29, 1.82) is 0 Å². The lowest BCUT2D eigenvalue weighted by atomic mass is 9.86. The van der Waals surface area contributed by atoms with Gasteiger partial charge >= 0.3 is 65.4 Å². The van der Waals surface area contributed by atoms with Gasteiger partial charge in [0.05, 0.1) is 6.61 Å². The van der Waals surface area contributed by atoms with E-state index in [9.17, 15) is 97.0 Å². The summed E-state index contributed by atoms with van der Waals surface area (Å²) in [6, 6.07) is 0. The number of carbonyl (C=O) groups excluding carboxylic acids is 1. The molecule has 0 heterocycles. The van der Waals surface area contributed by atoms with Crippen LogP contribution >= 0.6 is 0 Å². The molecule has 37 heavy (non-hydrogen) atoms. The van der Waals surface area contributed by atoms with Crippen LogP contribution in [0.1, 0.15) is 13.3 Å². The summed E-state index contributed by atoms with van der Waals surface area (Å²) in [6.45, 7) is -0.470. The lowest BCUT2D eigenvalue weighted by Crippen LogP contribution is -2.77. The summed E-state index contributed by atoms with van der Waals surface area (Å²) in [5.74, 6) is -82.6. The Morgan fingerprint density at radius 1 is 0.459 bits per heavy atom. The number of hydrogen-bond donors (Lipinski definition) is 0. The minimum absolute atomic E-state index is 0.587. The Morgan fingerprint density at radius 2 is 0.703 bits per heavy atom. The van der Waals surface area contributed by atoms with Gasteiger partial charge in [0, 0.05) is 0 Å². The predicted molar refractivity (Wildman–Crippen MR) is 71.8 cm³/mol. The van der Waals surface area contributed by atoms with Crippen molar-refractivity contribution in [2.75, 3.05) is 6.61 Å². The number of hydrogen-bond acceptors (Lipinski definition) is 2. The van der Waals surface area contributed by atoms with E-state index >= 15 is 0 Å². The number of esters is 1. The molecule has 0 rings (SSSR count). The summed E-state index contributed by atoms with van der Waals surface area (Å²) in [4.78, 5) is 10.8. The van der Waals surface area contributed by atoms with E-state index in [2.05, 4.69) is 4.74 Å². The van der Waals surface area contributed by atoms with Gasteiger partial charge in [-0.2, -0.15) is 92.2 Å². The molecule has 0 radical (unpaired) electrons. The Balaban J connectivity index is 7.03. The van der Waals surface area contributed by atoms with Gasteiger partial charge in [0.25, 0.3) is 0 Å². The highest BCUT2D eigenvalue weighted by Crippen LogP contribution is 2.66. The first kappa shape index (κ1) is 35.0. The molecule has 0 aromatic heterocycles. The van der Waals surface area contributed by atoms with Crippen LogP contribution in [-0.2, 0) is 9.53 Å². The Kier molecular flexibility index (Phi) is 8.55. The molecular weight excluding hydrogens is 599 g/mol. The average Bonchev–Trinajstić information content (AvgIpc) is 2.69. The number of ether oxygens (including phenoxy) is 1. The van der Waals surface area contributed by atoms with E-state index < -0.39 is 78.5 Å². The smallest absolute Gasteiger partial charge is 0.460 e. The Morgan fingerprint density at radius 3 is 0.946 bits per heavy atom. The second-order valence-corrected chi connectivity index (χ2v) is 6.80. The second kappa shape index (κ2) is 9.04. The maximum Gasteiger partial charge on any atom is 0.460 e. The number of alkyl halides is 21. The lowest BCUT2D eigenvalue weighted by Gasteiger charge is -2.44. The largest absolute Gasteiger partial charge is 0.461 e. The van der Waals surface area contributed by atoms with Crippen molar-refractivity contribution in [2.24, 2.45) is 0 Å². The molecule has 0 N–H and O–H groups in total. The van der Waals surface area contributed by atoms with Gasteiger partial charge in [-0.05, 0) is 6.42 Å². The Bertz CT molecular complexity index is 839. The van der Waals surface area contributed by atoms with Crippen LogP contribution in [0.15, 0.2) is 0 Å². The summed E-state index contributed by atoms with van der Waals surface area (Å²) in [5.41, 5.74) is 0. The van der Waals surface area contributed by atoms with Crippen molar-refractivity contribution < 1.29 is 102 Å². The molecule has 222 valence electrons. The zero-order valence-corrected chi connectivity index (χ0v) is 16.7. The molecule has 0 aliphatic heterocycles. The van der Waals surface area contributed by atoms with Crippen LogP contribution in [0.25, 0.3) is 0 Å². The number of rotatable bonds is 11. The third-order valence-corrected chi connectivity index (χ3v) is 4.20. The summed E-state index contributed by atoms with van der Waals surface area (Å²) < 4.78 is 279. The van der Waals surface area contributed by atoms with Crippen molar-refractivity contribution in [3.05, 3.63) is 0 Å². The highest BCUT2D eigenvalue weighted by molar-refractivity contribution is 5.79. The fourth-order valence-electron chi connectivity index (χ4n) is 1.97. The van der Waals surface area contributed by atoms with Crippen LogP contribution in [-0.4, -0.2) is 72.1 Å². The maximum atomic E-state index is 13.5. The third-order valence-electron chi connectivity index (χ3n) is 4.20. The fourth-order valence-corrected chi connectivity index (χ4v) is 1.97. The SMILES string of the molecule is CCCOC(=O)C(F)(F)C(F)(F)C(F)(F)C(F)(F)C(F)(F)C(F)(F)C(F)(F)C(F)(F)C(F)(F)C(F)(F)F. The van der Waals surface area contributed by atoms with Gasteiger partial charge in [0.1, 0.15) is 0 Å². The quantitative estimate of drug-likeness (QED) is 0.184.